The predicted molar refractivity (Wildman–Crippen MR) is 75.9 cm³/mol. The van der Waals surface area contributed by atoms with Gasteiger partial charge in [0.25, 0.3) is 0 Å². The Labute approximate surface area is 123 Å². The largest absolute Gasteiger partial charge is 0.305 e. The van der Waals surface area contributed by atoms with Gasteiger partial charge in [-0.15, -0.1) is 0 Å². The molecule has 0 spiro atoms. The van der Waals surface area contributed by atoms with Gasteiger partial charge < -0.3 is 0 Å². The fourth-order valence-electron chi connectivity index (χ4n) is 4.73. The minimum atomic E-state index is -1.69. The van der Waals surface area contributed by atoms with Crippen molar-refractivity contribution in [3.8, 4) is 0 Å². The van der Waals surface area contributed by atoms with Crippen LogP contribution in [0.5, 0.6) is 0 Å². The van der Waals surface area contributed by atoms with Gasteiger partial charge in [0.05, 0.1) is 11.7 Å². The summed E-state index contributed by atoms with van der Waals surface area (Å²) in [7, 11) is 0. The summed E-state index contributed by atoms with van der Waals surface area (Å²) in [5.74, 6) is 1.16. The molecule has 4 nitrogen and oxygen atoms in total. The van der Waals surface area contributed by atoms with Gasteiger partial charge in [-0.05, 0) is 38.0 Å². The Bertz CT molecular complexity index is 463. The van der Waals surface area contributed by atoms with E-state index in [0.717, 1.165) is 12.8 Å². The molecule has 0 amide bonds. The smallest absolute Gasteiger partial charge is 0.299 e. The molecule has 3 aliphatic rings. The van der Waals surface area contributed by atoms with E-state index in [0.29, 0.717) is 30.5 Å². The molecule has 0 radical (unpaired) electrons. The van der Waals surface area contributed by atoms with Crippen LogP contribution in [0.25, 0.3) is 0 Å². The minimum absolute atomic E-state index is 0.0232. The number of rotatable bonds is 1. The van der Waals surface area contributed by atoms with Crippen LogP contribution in [0, 0.1) is 23.2 Å². The van der Waals surface area contributed by atoms with E-state index in [1.807, 2.05) is 6.92 Å². The van der Waals surface area contributed by atoms with Crippen molar-refractivity contribution in [3.63, 3.8) is 0 Å². The van der Waals surface area contributed by atoms with E-state index in [9.17, 15) is 9.00 Å². The zero-order valence-electron chi connectivity index (χ0n) is 12.7. The Kier molecular flexibility index (Phi) is 3.39. The first kappa shape index (κ1) is 14.7. The van der Waals surface area contributed by atoms with Crippen LogP contribution in [0.3, 0.4) is 0 Å². The summed E-state index contributed by atoms with van der Waals surface area (Å²) < 4.78 is 23.3. The lowest BCUT2D eigenvalue weighted by atomic mass is 9.51. The summed E-state index contributed by atoms with van der Waals surface area (Å²) in [5.41, 5.74) is -0.877. The van der Waals surface area contributed by atoms with Crippen molar-refractivity contribution in [1.82, 2.24) is 0 Å². The molecular formula is C15H24O4S. The van der Waals surface area contributed by atoms with Crippen molar-refractivity contribution < 1.29 is 17.4 Å². The van der Waals surface area contributed by atoms with E-state index in [1.54, 1.807) is 0 Å². The topological polar surface area (TPSA) is 52.6 Å². The molecule has 6 atom stereocenters. The molecule has 1 saturated heterocycles. The second kappa shape index (κ2) is 4.62. The highest BCUT2D eigenvalue weighted by atomic mass is 32.2. The second-order valence-corrected chi connectivity index (χ2v) is 8.19. The molecule has 0 bridgehead atoms. The van der Waals surface area contributed by atoms with Crippen LogP contribution in [-0.4, -0.2) is 21.7 Å². The number of ketones is 1. The molecule has 2 saturated carbocycles. The average Bonchev–Trinajstić information content (AvgIpc) is 2.33. The number of carbonyl (C=O) groups excluding carboxylic acids is 1. The van der Waals surface area contributed by atoms with Gasteiger partial charge in [0, 0.05) is 17.8 Å². The fraction of sp³-hybridized carbons (Fsp3) is 0.933. The third-order valence-corrected chi connectivity index (χ3v) is 6.78. The van der Waals surface area contributed by atoms with E-state index in [2.05, 4.69) is 20.8 Å². The van der Waals surface area contributed by atoms with Gasteiger partial charge in [-0.2, -0.15) is 4.21 Å². The Balaban J connectivity index is 2.06. The molecule has 20 heavy (non-hydrogen) atoms. The Hall–Kier alpha value is -0.260. The van der Waals surface area contributed by atoms with E-state index in [1.165, 1.54) is 0 Å². The van der Waals surface area contributed by atoms with Crippen LogP contribution in [0.1, 0.15) is 53.4 Å². The van der Waals surface area contributed by atoms with Gasteiger partial charge in [0.1, 0.15) is 5.78 Å². The summed E-state index contributed by atoms with van der Waals surface area (Å²) in [6, 6.07) is 0. The van der Waals surface area contributed by atoms with Gasteiger partial charge in [0.2, 0.25) is 0 Å². The predicted octanol–water partition coefficient (Wildman–Crippen LogP) is 2.79. The first-order valence-electron chi connectivity index (χ1n) is 7.59. The summed E-state index contributed by atoms with van der Waals surface area (Å²) in [6.07, 6.45) is 2.92. The van der Waals surface area contributed by atoms with Gasteiger partial charge in [-0.3, -0.25) is 13.2 Å². The van der Waals surface area contributed by atoms with Crippen molar-refractivity contribution in [2.24, 2.45) is 23.2 Å². The van der Waals surface area contributed by atoms with E-state index >= 15 is 0 Å². The van der Waals surface area contributed by atoms with Crippen molar-refractivity contribution in [2.75, 3.05) is 0 Å². The standard InChI is InChI=1S/C15H24O4S/c1-9(2)10-5-7-14(3)11(16)6-8-15(4)13(14)12(10)18-20(17)19-15/h9-10,12-13H,5-8H2,1-4H3/t10-,12?,13?,14-,15-,20-/m0/s1. The number of hydrogen-bond acceptors (Lipinski definition) is 4. The van der Waals surface area contributed by atoms with E-state index < -0.39 is 17.0 Å². The molecule has 3 fully saturated rings. The molecule has 3 rings (SSSR count). The highest BCUT2D eigenvalue weighted by Gasteiger charge is 2.64. The highest BCUT2D eigenvalue weighted by molar-refractivity contribution is 7.75. The zero-order chi connectivity index (χ0) is 14.7. The lowest BCUT2D eigenvalue weighted by Gasteiger charge is -2.59. The van der Waals surface area contributed by atoms with Crippen LogP contribution in [0.4, 0.5) is 0 Å². The van der Waals surface area contributed by atoms with Crippen LogP contribution < -0.4 is 0 Å². The molecule has 2 aliphatic carbocycles. The van der Waals surface area contributed by atoms with Crippen LogP contribution in [0.15, 0.2) is 0 Å². The lowest BCUT2D eigenvalue weighted by Crippen LogP contribution is -2.66. The molecule has 1 aliphatic heterocycles. The van der Waals surface area contributed by atoms with E-state index in [-0.39, 0.29) is 17.4 Å². The third kappa shape index (κ3) is 1.93. The normalized spacial score (nSPS) is 52.0. The highest BCUT2D eigenvalue weighted by Crippen LogP contribution is 2.58. The Morgan fingerprint density at radius 1 is 1.30 bits per heavy atom. The van der Waals surface area contributed by atoms with Crippen LogP contribution >= 0.6 is 0 Å². The summed E-state index contributed by atoms with van der Waals surface area (Å²) >= 11 is -1.69. The lowest BCUT2D eigenvalue weighted by molar-refractivity contribution is -0.193. The molecule has 2 unspecified atom stereocenters. The van der Waals surface area contributed by atoms with Gasteiger partial charge in [0.15, 0.2) is 0 Å². The van der Waals surface area contributed by atoms with Crippen molar-refractivity contribution in [1.29, 1.82) is 0 Å². The quantitative estimate of drug-likeness (QED) is 0.747. The van der Waals surface area contributed by atoms with Gasteiger partial charge in [-0.25, -0.2) is 0 Å². The first-order chi connectivity index (χ1) is 9.28. The molecule has 114 valence electrons. The second-order valence-electron chi connectivity index (χ2n) is 7.43. The van der Waals surface area contributed by atoms with Crippen molar-refractivity contribution in [3.05, 3.63) is 0 Å². The zero-order valence-corrected chi connectivity index (χ0v) is 13.5. The fourth-order valence-corrected chi connectivity index (χ4v) is 5.70. The maximum atomic E-state index is 12.5. The van der Waals surface area contributed by atoms with Crippen molar-refractivity contribution >= 4 is 17.1 Å². The number of carbonyl (C=O) groups is 1. The van der Waals surface area contributed by atoms with Gasteiger partial charge >= 0.3 is 11.4 Å². The average molecular weight is 300 g/mol. The Morgan fingerprint density at radius 3 is 2.65 bits per heavy atom. The van der Waals surface area contributed by atoms with Gasteiger partial charge in [-0.1, -0.05) is 20.8 Å². The molecule has 0 aromatic carbocycles. The summed E-state index contributed by atoms with van der Waals surface area (Å²) in [5, 5.41) is 0. The molecule has 5 heteroatoms. The molecule has 0 aromatic heterocycles. The third-order valence-electron chi connectivity index (χ3n) is 5.88. The Morgan fingerprint density at radius 2 is 2.00 bits per heavy atom. The van der Waals surface area contributed by atoms with Crippen LogP contribution in [-0.2, 0) is 24.5 Å². The molecular weight excluding hydrogens is 276 g/mol. The first-order valence-corrected chi connectivity index (χ1v) is 8.59. The maximum Gasteiger partial charge on any atom is 0.305 e. The molecule has 0 N–H and O–H groups in total. The monoisotopic (exact) mass is 300 g/mol. The summed E-state index contributed by atoms with van der Waals surface area (Å²) in [6.45, 7) is 8.43. The van der Waals surface area contributed by atoms with E-state index in [4.69, 9.17) is 8.37 Å². The maximum absolute atomic E-state index is 12.5. The molecule has 1 heterocycles. The molecule has 0 aromatic rings. The number of hydrogen-bond donors (Lipinski definition) is 0. The van der Waals surface area contributed by atoms with Crippen LogP contribution in [0.2, 0.25) is 0 Å². The minimum Gasteiger partial charge on any atom is -0.299 e. The SMILES string of the molecule is CC(C)[C@@H]1CC[C@@]2(C)C(=O)CC[C@]3(C)O[S@@](=O)OC1C23. The number of Topliss-reactive ketones (excluding diaryl/α,β-unsaturated/α-hetero) is 1. The van der Waals surface area contributed by atoms with Crippen molar-refractivity contribution in [2.45, 2.75) is 65.1 Å². The summed E-state index contributed by atoms with van der Waals surface area (Å²) in [4.78, 5) is 12.5.